The van der Waals surface area contributed by atoms with Crippen molar-refractivity contribution in [3.63, 3.8) is 0 Å². The molecule has 0 aromatic heterocycles. The van der Waals surface area contributed by atoms with Crippen LogP contribution in [0.2, 0.25) is 0 Å². The minimum atomic E-state index is -0.252. The number of amides is 1. The maximum Gasteiger partial charge on any atom is 0.409 e. The fourth-order valence-corrected chi connectivity index (χ4v) is 3.52. The van der Waals surface area contributed by atoms with Crippen LogP contribution in [0.3, 0.4) is 0 Å². The van der Waals surface area contributed by atoms with Gasteiger partial charge in [0.05, 0.1) is 20.3 Å². The van der Waals surface area contributed by atoms with Crippen LogP contribution < -0.4 is 20.5 Å². The molecule has 2 aromatic carbocycles. The minimum absolute atomic E-state index is 0. The number of nitrogens with one attached hydrogen (secondary N) is 1. The summed E-state index contributed by atoms with van der Waals surface area (Å²) in [5, 5.41) is 3.25. The van der Waals surface area contributed by atoms with Gasteiger partial charge in [-0.25, -0.2) is 9.79 Å². The van der Waals surface area contributed by atoms with E-state index in [2.05, 4.69) is 10.3 Å². The molecule has 0 aliphatic carbocycles. The van der Waals surface area contributed by atoms with E-state index in [1.807, 2.05) is 55.5 Å². The molecule has 1 amide bonds. The molecule has 0 atom stereocenters. The van der Waals surface area contributed by atoms with E-state index in [9.17, 15) is 4.79 Å². The first-order valence-corrected chi connectivity index (χ1v) is 10.9. The molecule has 1 fully saturated rings. The Morgan fingerprint density at radius 1 is 1.12 bits per heavy atom. The molecule has 0 radical (unpaired) electrons. The van der Waals surface area contributed by atoms with Crippen LogP contribution in [0.25, 0.3) is 0 Å². The normalized spacial score (nSPS) is 14.2. The molecule has 3 rings (SSSR count). The van der Waals surface area contributed by atoms with E-state index < -0.39 is 0 Å². The van der Waals surface area contributed by atoms with E-state index in [1.165, 1.54) is 0 Å². The number of halogens is 1. The van der Waals surface area contributed by atoms with Crippen molar-refractivity contribution in [2.75, 3.05) is 26.8 Å². The van der Waals surface area contributed by atoms with Crippen molar-refractivity contribution in [1.29, 1.82) is 0 Å². The molecule has 9 heteroatoms. The standard InChI is InChI=1S/C24H32N4O4.HI/c1-3-31-24(29)28-13-11-20(12-14-28)27-23(25)26-16-19-9-10-21(22(15-19)30-2)32-17-18-7-5-4-6-8-18;/h4-10,15,20H,3,11-14,16-17H2,1-2H3,(H3,25,26,27);1H. The molecule has 0 saturated carbocycles. The van der Waals surface area contributed by atoms with Gasteiger partial charge in [0.1, 0.15) is 6.61 Å². The predicted molar refractivity (Wildman–Crippen MR) is 139 cm³/mol. The number of rotatable bonds is 8. The summed E-state index contributed by atoms with van der Waals surface area (Å²) in [6.07, 6.45) is 1.35. The lowest BCUT2D eigenvalue weighted by Crippen LogP contribution is -2.48. The third kappa shape index (κ3) is 8.30. The number of hydrogen-bond acceptors (Lipinski definition) is 5. The zero-order valence-electron chi connectivity index (χ0n) is 19.2. The van der Waals surface area contributed by atoms with Gasteiger partial charge in [-0.15, -0.1) is 24.0 Å². The highest BCUT2D eigenvalue weighted by molar-refractivity contribution is 14.0. The molecule has 1 aliphatic heterocycles. The number of nitrogens with zero attached hydrogens (tertiary/aromatic N) is 2. The first kappa shape index (κ1) is 26.6. The smallest absolute Gasteiger partial charge is 0.409 e. The zero-order chi connectivity index (χ0) is 22.8. The van der Waals surface area contributed by atoms with Crippen molar-refractivity contribution in [2.45, 2.75) is 39.0 Å². The van der Waals surface area contributed by atoms with Crippen LogP contribution in [0.5, 0.6) is 11.5 Å². The number of carbonyl (C=O) groups excluding carboxylic acids is 1. The highest BCUT2D eigenvalue weighted by Crippen LogP contribution is 2.29. The molecule has 8 nitrogen and oxygen atoms in total. The average molecular weight is 568 g/mol. The Kier molecular flexibility index (Phi) is 11.1. The van der Waals surface area contributed by atoms with Crippen molar-refractivity contribution >= 4 is 36.0 Å². The van der Waals surface area contributed by atoms with E-state index in [0.29, 0.717) is 50.3 Å². The molecule has 0 bridgehead atoms. The van der Waals surface area contributed by atoms with E-state index in [4.69, 9.17) is 19.9 Å². The Morgan fingerprint density at radius 2 is 1.85 bits per heavy atom. The number of methoxy groups -OCH3 is 1. The van der Waals surface area contributed by atoms with Crippen LogP contribution in [0, 0.1) is 0 Å². The molecule has 33 heavy (non-hydrogen) atoms. The quantitative estimate of drug-likeness (QED) is 0.285. The summed E-state index contributed by atoms with van der Waals surface area (Å²) in [6, 6.07) is 15.9. The molecular weight excluding hydrogens is 535 g/mol. The van der Waals surface area contributed by atoms with Gasteiger partial charge in [0.2, 0.25) is 0 Å². The summed E-state index contributed by atoms with van der Waals surface area (Å²) in [5.41, 5.74) is 8.15. The molecule has 0 spiro atoms. The number of benzene rings is 2. The number of carbonyl (C=O) groups is 1. The van der Waals surface area contributed by atoms with Gasteiger partial charge in [0.15, 0.2) is 17.5 Å². The molecular formula is C24H33IN4O4. The fraction of sp³-hybridized carbons (Fsp3) is 0.417. The van der Waals surface area contributed by atoms with Crippen LogP contribution in [0.4, 0.5) is 4.79 Å². The number of piperidine rings is 1. The van der Waals surface area contributed by atoms with E-state index in [0.717, 1.165) is 24.0 Å². The van der Waals surface area contributed by atoms with Crippen LogP contribution in [0.1, 0.15) is 30.9 Å². The number of hydrogen-bond donors (Lipinski definition) is 2. The Morgan fingerprint density at radius 3 is 2.52 bits per heavy atom. The highest BCUT2D eigenvalue weighted by Gasteiger charge is 2.23. The monoisotopic (exact) mass is 568 g/mol. The molecule has 3 N–H and O–H groups in total. The second kappa shape index (κ2) is 13.8. The molecule has 0 unspecified atom stereocenters. The fourth-order valence-electron chi connectivity index (χ4n) is 3.52. The largest absolute Gasteiger partial charge is 0.493 e. The Labute approximate surface area is 212 Å². The third-order valence-electron chi connectivity index (χ3n) is 5.27. The van der Waals surface area contributed by atoms with Crippen LogP contribution in [-0.2, 0) is 17.9 Å². The van der Waals surface area contributed by atoms with E-state index >= 15 is 0 Å². The maximum atomic E-state index is 11.8. The average Bonchev–Trinajstić information content (AvgIpc) is 2.83. The second-order valence-corrected chi connectivity index (χ2v) is 7.57. The molecule has 1 aliphatic rings. The van der Waals surface area contributed by atoms with Gasteiger partial charge in [-0.2, -0.15) is 0 Å². The summed E-state index contributed by atoms with van der Waals surface area (Å²) in [7, 11) is 1.62. The number of likely N-dealkylation sites (tertiary alicyclic amines) is 1. The predicted octanol–water partition coefficient (Wildman–Crippen LogP) is 3.92. The van der Waals surface area contributed by atoms with Crippen LogP contribution >= 0.6 is 24.0 Å². The van der Waals surface area contributed by atoms with E-state index in [-0.39, 0.29) is 36.1 Å². The van der Waals surface area contributed by atoms with Crippen LogP contribution in [-0.4, -0.2) is 49.8 Å². The van der Waals surface area contributed by atoms with Crippen molar-refractivity contribution in [3.8, 4) is 11.5 Å². The summed E-state index contributed by atoms with van der Waals surface area (Å²) in [5.74, 6) is 1.73. The summed E-state index contributed by atoms with van der Waals surface area (Å²) >= 11 is 0. The molecule has 2 aromatic rings. The summed E-state index contributed by atoms with van der Waals surface area (Å²) in [6.45, 7) is 4.39. The van der Waals surface area contributed by atoms with Crippen molar-refractivity contribution in [2.24, 2.45) is 10.7 Å². The van der Waals surface area contributed by atoms with Gasteiger partial charge >= 0.3 is 6.09 Å². The van der Waals surface area contributed by atoms with Crippen molar-refractivity contribution < 1.29 is 19.0 Å². The second-order valence-electron chi connectivity index (χ2n) is 7.57. The number of ether oxygens (including phenoxy) is 3. The topological polar surface area (TPSA) is 98.4 Å². The van der Waals surface area contributed by atoms with Gasteiger partial charge in [-0.1, -0.05) is 36.4 Å². The first-order valence-electron chi connectivity index (χ1n) is 10.9. The highest BCUT2D eigenvalue weighted by atomic mass is 127. The van der Waals surface area contributed by atoms with Crippen molar-refractivity contribution in [1.82, 2.24) is 10.2 Å². The molecule has 180 valence electrons. The zero-order valence-corrected chi connectivity index (χ0v) is 21.5. The van der Waals surface area contributed by atoms with E-state index in [1.54, 1.807) is 12.0 Å². The Hall–Kier alpha value is -2.69. The third-order valence-corrected chi connectivity index (χ3v) is 5.27. The first-order chi connectivity index (χ1) is 15.6. The van der Waals surface area contributed by atoms with Gasteiger partial charge in [-0.3, -0.25) is 0 Å². The SMILES string of the molecule is CCOC(=O)N1CCC(NC(N)=NCc2ccc(OCc3ccccc3)c(OC)c2)CC1.I. The van der Waals surface area contributed by atoms with Crippen molar-refractivity contribution in [3.05, 3.63) is 59.7 Å². The lowest BCUT2D eigenvalue weighted by molar-refractivity contribution is 0.0963. The van der Waals surface area contributed by atoms with Gasteiger partial charge in [0, 0.05) is 19.1 Å². The van der Waals surface area contributed by atoms with Crippen LogP contribution in [0.15, 0.2) is 53.5 Å². The Bertz CT molecular complexity index is 903. The lowest BCUT2D eigenvalue weighted by atomic mass is 10.1. The Balaban J connectivity index is 0.00000385. The van der Waals surface area contributed by atoms with Gasteiger partial charge in [0.25, 0.3) is 0 Å². The molecule has 1 heterocycles. The number of guanidine groups is 1. The van der Waals surface area contributed by atoms with Gasteiger partial charge < -0.3 is 30.2 Å². The minimum Gasteiger partial charge on any atom is -0.493 e. The van der Waals surface area contributed by atoms with Gasteiger partial charge in [-0.05, 0) is 43.0 Å². The number of nitrogens with two attached hydrogens (primary N) is 1. The summed E-state index contributed by atoms with van der Waals surface area (Å²) < 4.78 is 16.4. The summed E-state index contributed by atoms with van der Waals surface area (Å²) in [4.78, 5) is 18.0. The molecule has 1 saturated heterocycles. The number of aliphatic imine (C=N–C) groups is 1. The lowest BCUT2D eigenvalue weighted by Gasteiger charge is -2.31. The maximum absolute atomic E-state index is 11.8.